The molecule has 4 aliphatic carbocycles. The summed E-state index contributed by atoms with van der Waals surface area (Å²) in [6.45, 7) is 14.6. The Morgan fingerprint density at radius 3 is 2.45 bits per heavy atom. The number of rotatable bonds is 4. The van der Waals surface area contributed by atoms with Crippen molar-refractivity contribution >= 4 is 0 Å². The van der Waals surface area contributed by atoms with Gasteiger partial charge in [-0.25, -0.2) is 0 Å². The Labute approximate surface area is 179 Å². The average Bonchev–Trinajstić information content (AvgIpc) is 3.03. The van der Waals surface area contributed by atoms with Crippen LogP contribution >= 0.6 is 0 Å². The lowest BCUT2D eigenvalue weighted by molar-refractivity contribution is -0.0254. The van der Waals surface area contributed by atoms with Gasteiger partial charge in [-0.3, -0.25) is 0 Å². The van der Waals surface area contributed by atoms with Crippen molar-refractivity contribution in [1.29, 1.82) is 0 Å². The van der Waals surface area contributed by atoms with Gasteiger partial charge in [0.15, 0.2) is 0 Å². The topological polar surface area (TPSA) is 20.2 Å². The highest BCUT2D eigenvalue weighted by Gasteiger charge is 2.58. The Hall–Kier alpha value is -0.820. The van der Waals surface area contributed by atoms with Crippen molar-refractivity contribution in [2.24, 2.45) is 52.3 Å². The van der Waals surface area contributed by atoms with Crippen LogP contribution in [0.15, 0.2) is 36.0 Å². The van der Waals surface area contributed by atoms with E-state index in [0.29, 0.717) is 17.3 Å². The summed E-state index contributed by atoms with van der Waals surface area (Å²) in [7, 11) is 0. The lowest BCUT2D eigenvalue weighted by Gasteiger charge is -2.56. The summed E-state index contributed by atoms with van der Waals surface area (Å²) in [5, 5.41) is 10.2. The number of hydrogen-bond donors (Lipinski definition) is 1. The molecule has 4 aliphatic rings. The van der Waals surface area contributed by atoms with Crippen molar-refractivity contribution in [3.63, 3.8) is 0 Å². The van der Waals surface area contributed by atoms with Crippen molar-refractivity contribution in [3.05, 3.63) is 36.0 Å². The first-order valence-corrected chi connectivity index (χ1v) is 12.4. The van der Waals surface area contributed by atoms with Gasteiger partial charge in [0.25, 0.3) is 0 Å². The van der Waals surface area contributed by atoms with Crippen molar-refractivity contribution in [3.8, 4) is 0 Å². The fourth-order valence-corrected chi connectivity index (χ4v) is 7.75. The van der Waals surface area contributed by atoms with Crippen molar-refractivity contribution in [2.75, 3.05) is 0 Å². The molecule has 0 radical (unpaired) electrons. The highest BCUT2D eigenvalue weighted by Crippen LogP contribution is 2.66. The summed E-state index contributed by atoms with van der Waals surface area (Å²) >= 11 is 0. The van der Waals surface area contributed by atoms with Crippen LogP contribution < -0.4 is 0 Å². The van der Waals surface area contributed by atoms with Crippen molar-refractivity contribution in [1.82, 2.24) is 0 Å². The van der Waals surface area contributed by atoms with Gasteiger partial charge >= 0.3 is 0 Å². The number of fused-ring (bicyclic) bond motifs is 5. The van der Waals surface area contributed by atoms with Gasteiger partial charge in [0.1, 0.15) is 0 Å². The maximum absolute atomic E-state index is 10.2. The minimum atomic E-state index is -0.232. The third-order valence-electron chi connectivity index (χ3n) is 10.1. The summed E-state index contributed by atoms with van der Waals surface area (Å²) in [5.74, 6) is 5.26. The molecule has 29 heavy (non-hydrogen) atoms. The Bertz CT molecular complexity index is 699. The molecule has 5 unspecified atom stereocenters. The second kappa shape index (κ2) is 7.70. The lowest BCUT2D eigenvalue weighted by atomic mass is 9.48. The Morgan fingerprint density at radius 1 is 0.966 bits per heavy atom. The molecule has 0 aromatic carbocycles. The second-order valence-corrected chi connectivity index (χ2v) is 11.9. The molecule has 0 aromatic heterocycles. The molecule has 1 heteroatoms. The summed E-state index contributed by atoms with van der Waals surface area (Å²) in [4.78, 5) is 0. The molecule has 0 amide bonds. The predicted octanol–water partition coefficient (Wildman–Crippen LogP) is 7.19. The van der Waals surface area contributed by atoms with Crippen LogP contribution in [0.1, 0.15) is 80.1 Å². The van der Waals surface area contributed by atoms with Gasteiger partial charge in [0.05, 0.1) is 6.10 Å². The van der Waals surface area contributed by atoms with Gasteiger partial charge in [-0.1, -0.05) is 71.9 Å². The first-order chi connectivity index (χ1) is 13.7. The minimum absolute atomic E-state index is 0.232. The third-order valence-corrected chi connectivity index (χ3v) is 10.1. The fourth-order valence-electron chi connectivity index (χ4n) is 7.75. The SMILES string of the molecule is CC(C)C(C)/C=C/[C@@H](C)[C@H]1CCC2C3C=CC4=CC(O)CC[C@]4(C)C3CC[C@@]21C. The van der Waals surface area contributed by atoms with Gasteiger partial charge < -0.3 is 5.11 Å². The Balaban J connectivity index is 1.56. The van der Waals surface area contributed by atoms with Crippen LogP contribution in [0.4, 0.5) is 0 Å². The zero-order chi connectivity index (χ0) is 21.0. The van der Waals surface area contributed by atoms with E-state index in [1.807, 2.05) is 0 Å². The van der Waals surface area contributed by atoms with Crippen LogP contribution in [-0.4, -0.2) is 11.2 Å². The molecule has 1 nitrogen and oxygen atoms in total. The highest BCUT2D eigenvalue weighted by molar-refractivity contribution is 5.36. The standard InChI is InChI=1S/C28H44O/c1-18(2)19(3)7-8-20(4)24-11-12-25-23-10-9-21-17-22(29)13-15-27(21,5)26(23)14-16-28(24,25)6/h7-10,17-20,22-26,29H,11-16H2,1-6H3/b8-7+/t19?,20-,22?,23?,24-,25?,26?,27+,28-/m1/s1. The van der Waals surface area contributed by atoms with E-state index in [1.165, 1.54) is 31.3 Å². The lowest BCUT2D eigenvalue weighted by Crippen LogP contribution is -2.49. The maximum Gasteiger partial charge on any atom is 0.0727 e. The van der Waals surface area contributed by atoms with Crippen LogP contribution in [-0.2, 0) is 0 Å². The van der Waals surface area contributed by atoms with Gasteiger partial charge in [0, 0.05) is 0 Å². The molecule has 9 atom stereocenters. The van der Waals surface area contributed by atoms with E-state index in [0.717, 1.165) is 42.4 Å². The molecule has 4 rings (SSSR count). The number of aliphatic hydroxyl groups is 1. The minimum Gasteiger partial charge on any atom is -0.389 e. The van der Waals surface area contributed by atoms with Crippen LogP contribution in [0.5, 0.6) is 0 Å². The number of allylic oxidation sites excluding steroid dienone is 5. The Morgan fingerprint density at radius 2 is 1.72 bits per heavy atom. The van der Waals surface area contributed by atoms with Crippen LogP contribution in [0.3, 0.4) is 0 Å². The maximum atomic E-state index is 10.2. The van der Waals surface area contributed by atoms with E-state index < -0.39 is 0 Å². The van der Waals surface area contributed by atoms with Crippen LogP contribution in [0.2, 0.25) is 0 Å². The first kappa shape index (κ1) is 21.4. The monoisotopic (exact) mass is 396 g/mol. The van der Waals surface area contributed by atoms with Crippen LogP contribution in [0.25, 0.3) is 0 Å². The normalized spacial score (nSPS) is 46.2. The third kappa shape index (κ3) is 3.50. The van der Waals surface area contributed by atoms with E-state index in [-0.39, 0.29) is 11.5 Å². The molecule has 2 fully saturated rings. The zero-order valence-corrected chi connectivity index (χ0v) is 19.7. The predicted molar refractivity (Wildman–Crippen MR) is 123 cm³/mol. The summed E-state index contributed by atoms with van der Waals surface area (Å²) < 4.78 is 0. The van der Waals surface area contributed by atoms with Gasteiger partial charge in [-0.15, -0.1) is 0 Å². The van der Waals surface area contributed by atoms with E-state index in [1.54, 1.807) is 0 Å². The molecule has 0 aliphatic heterocycles. The van der Waals surface area contributed by atoms with Crippen LogP contribution in [0, 0.1) is 52.3 Å². The van der Waals surface area contributed by atoms with E-state index >= 15 is 0 Å². The summed E-state index contributed by atoms with van der Waals surface area (Å²) in [6.07, 6.45) is 19.6. The molecular formula is C28H44O. The molecule has 0 spiro atoms. The van der Waals surface area contributed by atoms with Gasteiger partial charge in [-0.2, -0.15) is 0 Å². The molecule has 0 saturated heterocycles. The molecule has 1 N–H and O–H groups in total. The highest BCUT2D eigenvalue weighted by atomic mass is 16.3. The molecule has 0 heterocycles. The average molecular weight is 397 g/mol. The van der Waals surface area contributed by atoms with Crippen molar-refractivity contribution < 1.29 is 5.11 Å². The molecule has 2 saturated carbocycles. The number of hydrogen-bond acceptors (Lipinski definition) is 1. The van der Waals surface area contributed by atoms with Gasteiger partial charge in [-0.05, 0) is 96.4 Å². The molecular weight excluding hydrogens is 352 g/mol. The number of aliphatic hydroxyl groups excluding tert-OH is 1. The molecule has 162 valence electrons. The summed E-state index contributed by atoms with van der Waals surface area (Å²) in [5.41, 5.74) is 2.20. The fraction of sp³-hybridized carbons (Fsp3) is 0.786. The zero-order valence-electron chi connectivity index (χ0n) is 19.7. The largest absolute Gasteiger partial charge is 0.389 e. The quantitative estimate of drug-likeness (QED) is 0.499. The van der Waals surface area contributed by atoms with E-state index in [9.17, 15) is 5.11 Å². The van der Waals surface area contributed by atoms with Crippen molar-refractivity contribution in [2.45, 2.75) is 86.2 Å². The smallest absolute Gasteiger partial charge is 0.0727 e. The van der Waals surface area contributed by atoms with E-state index in [4.69, 9.17) is 0 Å². The summed E-state index contributed by atoms with van der Waals surface area (Å²) in [6, 6.07) is 0. The Kier molecular flexibility index (Phi) is 5.69. The second-order valence-electron chi connectivity index (χ2n) is 11.9. The molecule has 0 aromatic rings. The molecule has 0 bridgehead atoms. The van der Waals surface area contributed by atoms with Gasteiger partial charge in [0.2, 0.25) is 0 Å². The first-order valence-electron chi connectivity index (χ1n) is 12.4. The van der Waals surface area contributed by atoms with E-state index in [2.05, 4.69) is 71.9 Å².